The topological polar surface area (TPSA) is 0 Å². The van der Waals surface area contributed by atoms with Crippen LogP contribution in [0.3, 0.4) is 0 Å². The van der Waals surface area contributed by atoms with Gasteiger partial charge in [0.1, 0.15) is 0 Å². The van der Waals surface area contributed by atoms with E-state index in [0.29, 0.717) is 0 Å². The zero-order valence-electron chi connectivity index (χ0n) is 31.3. The van der Waals surface area contributed by atoms with E-state index in [1.807, 2.05) is 206 Å². The van der Waals surface area contributed by atoms with Crippen molar-refractivity contribution in [3.05, 3.63) is 301 Å². The summed E-state index contributed by atoms with van der Waals surface area (Å²) in [7, 11) is 0. The zero-order chi connectivity index (χ0) is 35.1. The molecule has 0 fully saturated rings. The first kappa shape index (κ1) is 55.1. The van der Waals surface area contributed by atoms with E-state index in [9.17, 15) is 0 Å². The molecule has 0 bridgehead atoms. The second-order valence-electron chi connectivity index (χ2n) is 9.69. The van der Waals surface area contributed by atoms with Crippen molar-refractivity contribution in [1.29, 1.82) is 0 Å². The second-order valence-corrected chi connectivity index (χ2v) is 9.69. The summed E-state index contributed by atoms with van der Waals surface area (Å²) in [6.45, 7) is 11.2. The third-order valence-corrected chi connectivity index (χ3v) is 5.52. The Labute approximate surface area is 354 Å². The van der Waals surface area contributed by atoms with Gasteiger partial charge in [0.2, 0.25) is 0 Å². The van der Waals surface area contributed by atoms with E-state index in [1.54, 1.807) is 0 Å². The van der Waals surface area contributed by atoms with E-state index < -0.39 is 0 Å². The molecular weight excluding hydrogens is 708 g/mol. The van der Waals surface area contributed by atoms with Crippen LogP contribution in [0, 0.1) is 66.0 Å². The van der Waals surface area contributed by atoms with Crippen LogP contribution in [0.1, 0.15) is 29.5 Å². The van der Waals surface area contributed by atoms with Crippen molar-refractivity contribution in [3.63, 3.8) is 0 Å². The van der Waals surface area contributed by atoms with Crippen LogP contribution in [0.15, 0.2) is 218 Å². The van der Waals surface area contributed by atoms with Crippen molar-refractivity contribution in [2.45, 2.75) is 12.8 Å². The van der Waals surface area contributed by atoms with Crippen molar-refractivity contribution in [2.24, 2.45) is 0 Å². The zero-order valence-corrected chi connectivity index (χ0v) is 34.4. The van der Waals surface area contributed by atoms with E-state index >= 15 is 0 Å². The van der Waals surface area contributed by atoms with E-state index in [2.05, 4.69) is 63.3 Å². The summed E-state index contributed by atoms with van der Waals surface area (Å²) in [5, 5.41) is 0. The Morgan fingerprint density at radius 1 is 0.340 bits per heavy atom. The molecule has 53 heavy (non-hydrogen) atoms. The average molecular weight is 761 g/mol. The fraction of sp³-hybridized carbons (Fsp3) is 0.0392. The van der Waals surface area contributed by atoms with Gasteiger partial charge in [-0.1, -0.05) is 18.2 Å². The molecule has 0 unspecified atom stereocenters. The third kappa shape index (κ3) is 43.4. The van der Waals surface area contributed by atoms with Gasteiger partial charge in [0.15, 0.2) is 0 Å². The van der Waals surface area contributed by atoms with Crippen LogP contribution in [0.4, 0.5) is 0 Å². The summed E-state index contributed by atoms with van der Waals surface area (Å²) in [4.78, 5) is 0. The van der Waals surface area contributed by atoms with Crippen LogP contribution >= 0.6 is 0 Å². The molecule has 0 heterocycles. The Balaban J connectivity index is -0.000000257. The first-order chi connectivity index (χ1) is 24.2. The van der Waals surface area contributed by atoms with Gasteiger partial charge in [0, 0.05) is 43.4 Å². The molecule has 0 saturated heterocycles. The number of benzene rings is 6. The first-order valence-corrected chi connectivity index (χ1v) is 16.0. The number of hydrogen-bond donors (Lipinski definition) is 0. The van der Waals surface area contributed by atoms with Gasteiger partial charge < -0.3 is 14.9 Å². The molecule has 2 aliphatic rings. The van der Waals surface area contributed by atoms with Gasteiger partial charge in [-0.25, -0.2) is 24.3 Å². The van der Waals surface area contributed by atoms with Gasteiger partial charge in [-0.3, -0.25) is 12.2 Å². The third-order valence-electron chi connectivity index (χ3n) is 5.52. The Kier molecular flexibility index (Phi) is 47.1. The van der Waals surface area contributed by atoms with Crippen molar-refractivity contribution in [2.75, 3.05) is 0 Å². The molecule has 0 aliphatic heterocycles. The normalized spacial score (nSPS) is 9.43. The number of rotatable bonds is 0. The molecule has 0 saturated carbocycles. The van der Waals surface area contributed by atoms with E-state index in [0.717, 1.165) is 29.5 Å². The van der Waals surface area contributed by atoms with Crippen LogP contribution in [0.2, 0.25) is 0 Å². The predicted octanol–water partition coefficient (Wildman–Crippen LogP) is 13.6. The molecule has 0 atom stereocenters. The molecule has 0 spiro atoms. The average Bonchev–Trinajstić information content (AvgIpc) is 3.98. The van der Waals surface area contributed by atoms with Crippen LogP contribution < -0.4 is 0 Å². The van der Waals surface area contributed by atoms with Crippen molar-refractivity contribution in [3.8, 4) is 0 Å². The van der Waals surface area contributed by atoms with Crippen LogP contribution in [-0.4, -0.2) is 0 Å². The Bertz CT molecular complexity index is 1290. The van der Waals surface area contributed by atoms with Gasteiger partial charge in [0.05, 0.1) is 0 Å². The minimum Gasteiger partial charge on any atom is -0.358 e. The summed E-state index contributed by atoms with van der Waals surface area (Å²) in [6, 6.07) is 67.1. The fourth-order valence-corrected chi connectivity index (χ4v) is 3.14. The van der Waals surface area contributed by atoms with Crippen LogP contribution in [0.25, 0.3) is 0 Å². The Hall–Kier alpha value is -4.68. The molecule has 2 heteroatoms. The fourth-order valence-electron chi connectivity index (χ4n) is 3.14. The quantitative estimate of drug-likeness (QED) is 0.107. The largest absolute Gasteiger partial charge is 0.358 e. The van der Waals surface area contributed by atoms with Gasteiger partial charge in [-0.15, -0.1) is 49.2 Å². The molecular formula is C51H52Ti2-10. The van der Waals surface area contributed by atoms with Crippen molar-refractivity contribution >= 4 is 0 Å². The van der Waals surface area contributed by atoms with E-state index in [-0.39, 0.29) is 58.3 Å². The van der Waals surface area contributed by atoms with Gasteiger partial charge in [-0.05, 0) is 0 Å². The summed E-state index contributed by atoms with van der Waals surface area (Å²) in [6.07, 6.45) is 20.0. The molecule has 0 N–H and O–H groups in total. The van der Waals surface area contributed by atoms with E-state index in [4.69, 9.17) is 0 Å². The summed E-state index contributed by atoms with van der Waals surface area (Å²) >= 11 is 0. The maximum Gasteiger partial charge on any atom is 0 e. The van der Waals surface area contributed by atoms with Crippen molar-refractivity contribution in [1.82, 2.24) is 0 Å². The van der Waals surface area contributed by atoms with Gasteiger partial charge >= 0.3 is 0 Å². The number of hydrogen-bond acceptors (Lipinski definition) is 0. The second kappa shape index (κ2) is 45.3. The molecule has 0 radical (unpaired) electrons. The molecule has 0 amide bonds. The van der Waals surface area contributed by atoms with Gasteiger partial charge in [0.25, 0.3) is 0 Å². The maximum atomic E-state index is 3.72. The standard InChI is InChI=1S/3C7H7.3C6H5.2C5H5.2CH3.2Ti/c3*1-7-5-3-2-4-6-7;3*1-2-4-6-5-3-1;2*1-2-4-5-3-1;;;;/h3*2-6H,1H2;3*1-5H;2*1-3H,4H2;2*1H3;;/q10*-1;;. The Morgan fingerprint density at radius 3 is 0.642 bits per heavy atom. The molecule has 0 nitrogen and oxygen atoms in total. The summed E-state index contributed by atoms with van der Waals surface area (Å²) < 4.78 is 0. The molecule has 0 aromatic heterocycles. The summed E-state index contributed by atoms with van der Waals surface area (Å²) in [5.41, 5.74) is 3.22. The molecule has 6 aromatic rings. The SMILES string of the molecule is [C-]1=CC=CC1.[C-]1=CC=CC1.[CH2-]c1ccccc1.[CH2-]c1ccccc1.[CH2-]c1ccccc1.[CH3-].[CH3-].[Ti].[Ti].[c-]1ccccc1.[c-]1ccccc1.[c-]1ccccc1. The number of allylic oxidation sites excluding steroid dienone is 8. The van der Waals surface area contributed by atoms with Gasteiger partial charge in [-0.2, -0.15) is 195 Å². The molecule has 274 valence electrons. The maximum absolute atomic E-state index is 3.72. The molecule has 2 aliphatic carbocycles. The molecule has 6 aromatic carbocycles. The monoisotopic (exact) mass is 760 g/mol. The predicted molar refractivity (Wildman–Crippen MR) is 225 cm³/mol. The van der Waals surface area contributed by atoms with Crippen LogP contribution in [-0.2, 0) is 43.4 Å². The minimum absolute atomic E-state index is 0. The minimum atomic E-state index is 0. The van der Waals surface area contributed by atoms with Crippen molar-refractivity contribution < 1.29 is 43.4 Å². The molecule has 8 rings (SSSR count). The smallest absolute Gasteiger partial charge is 0 e. The summed E-state index contributed by atoms with van der Waals surface area (Å²) in [5.74, 6) is 0. The Morgan fingerprint density at radius 2 is 0.566 bits per heavy atom. The van der Waals surface area contributed by atoms with E-state index in [1.165, 1.54) is 0 Å². The van der Waals surface area contributed by atoms with Crippen LogP contribution in [0.5, 0.6) is 0 Å². The first-order valence-electron chi connectivity index (χ1n) is 16.0.